The predicted molar refractivity (Wildman–Crippen MR) is 133 cm³/mol. The van der Waals surface area contributed by atoms with Crippen LogP contribution in [0, 0.1) is 5.92 Å². The van der Waals surface area contributed by atoms with Gasteiger partial charge < -0.3 is 4.74 Å². The van der Waals surface area contributed by atoms with E-state index in [4.69, 9.17) is 4.74 Å². The molecule has 0 spiro atoms. The monoisotopic (exact) mass is 461 g/mol. The van der Waals surface area contributed by atoms with Crippen molar-refractivity contribution in [2.45, 2.75) is 116 Å². The summed E-state index contributed by atoms with van der Waals surface area (Å²) in [6.07, 6.45) is 11.1. The molecule has 180 valence electrons. The summed E-state index contributed by atoms with van der Waals surface area (Å²) in [5.74, 6) is 1.39. The Balaban J connectivity index is 1.76. The lowest BCUT2D eigenvalue weighted by Crippen LogP contribution is -2.43. The molecule has 3 atom stereocenters. The fraction of sp³-hybridized carbons (Fsp3) is 0.769. The molecule has 3 fully saturated rings. The summed E-state index contributed by atoms with van der Waals surface area (Å²) in [4.78, 5) is 0. The standard InChI is InChI=1S/C26H44N3O2P/c1-19(2)28-24-16-9-10-17-25(24)29(20(3)4)32(28,30)27-26(21-12-7-6-8-13-21)22-14-11-15-23(18-22)31-5/h11,14-15,18-21,24-26H,6-10,12-13,16-17H2,1-5H3,(H,27,30)/t24-,25-,26-/m0/s1. The van der Waals surface area contributed by atoms with E-state index in [0.29, 0.717) is 18.0 Å². The molecule has 0 amide bonds. The molecule has 6 heteroatoms. The Bertz CT molecular complexity index is 780. The van der Waals surface area contributed by atoms with Gasteiger partial charge in [0.05, 0.1) is 7.11 Å². The normalized spacial score (nSPS) is 28.2. The van der Waals surface area contributed by atoms with Crippen LogP contribution in [0.25, 0.3) is 0 Å². The number of benzene rings is 1. The highest BCUT2D eigenvalue weighted by molar-refractivity contribution is 7.57. The largest absolute Gasteiger partial charge is 0.497 e. The Labute approximate surface area is 195 Å². The molecule has 1 heterocycles. The molecule has 0 radical (unpaired) electrons. The number of hydrogen-bond acceptors (Lipinski definition) is 2. The zero-order valence-electron chi connectivity index (χ0n) is 20.8. The second kappa shape index (κ2) is 10.2. The summed E-state index contributed by atoms with van der Waals surface area (Å²) in [5.41, 5.74) is 1.22. The van der Waals surface area contributed by atoms with Crippen molar-refractivity contribution in [2.24, 2.45) is 5.92 Å². The third-order valence-electron chi connectivity index (χ3n) is 7.94. The number of ether oxygens (including phenoxy) is 1. The van der Waals surface area contributed by atoms with E-state index in [-0.39, 0.29) is 18.1 Å². The molecule has 0 unspecified atom stereocenters. The molecular formula is C26H44N3O2P. The van der Waals surface area contributed by atoms with Crippen LogP contribution in [0.4, 0.5) is 0 Å². The highest BCUT2D eigenvalue weighted by Gasteiger charge is 2.57. The lowest BCUT2D eigenvalue weighted by Gasteiger charge is -2.41. The zero-order valence-corrected chi connectivity index (χ0v) is 21.7. The Hall–Kier alpha value is -0.870. The Morgan fingerprint density at radius 1 is 0.906 bits per heavy atom. The van der Waals surface area contributed by atoms with Gasteiger partial charge in [-0.2, -0.15) is 0 Å². The molecule has 1 aliphatic heterocycles. The van der Waals surface area contributed by atoms with Crippen molar-refractivity contribution in [3.05, 3.63) is 29.8 Å². The number of nitrogens with one attached hydrogen (secondary N) is 1. The van der Waals surface area contributed by atoms with Crippen molar-refractivity contribution in [2.75, 3.05) is 7.11 Å². The first-order valence-electron chi connectivity index (χ1n) is 13.0. The maximum atomic E-state index is 15.2. The summed E-state index contributed by atoms with van der Waals surface area (Å²) in [6.45, 7) is 8.91. The molecule has 2 saturated carbocycles. The summed E-state index contributed by atoms with van der Waals surface area (Å²) >= 11 is 0. The minimum atomic E-state index is -2.94. The van der Waals surface area contributed by atoms with Crippen LogP contribution < -0.4 is 9.82 Å². The van der Waals surface area contributed by atoms with Crippen molar-refractivity contribution < 1.29 is 9.30 Å². The van der Waals surface area contributed by atoms with Gasteiger partial charge >= 0.3 is 0 Å². The third kappa shape index (κ3) is 4.56. The molecule has 0 aromatic heterocycles. The maximum absolute atomic E-state index is 15.2. The molecule has 0 bridgehead atoms. The molecular weight excluding hydrogens is 417 g/mol. The van der Waals surface area contributed by atoms with Gasteiger partial charge in [-0.25, -0.2) is 14.4 Å². The van der Waals surface area contributed by atoms with Crippen LogP contribution in [0.2, 0.25) is 0 Å². The smallest absolute Gasteiger partial charge is 0.285 e. The van der Waals surface area contributed by atoms with Crippen molar-refractivity contribution in [1.29, 1.82) is 0 Å². The van der Waals surface area contributed by atoms with E-state index in [1.165, 1.54) is 50.5 Å². The number of hydrogen-bond donors (Lipinski definition) is 1. The van der Waals surface area contributed by atoms with Crippen LogP contribution >= 0.6 is 7.59 Å². The van der Waals surface area contributed by atoms with Gasteiger partial charge in [0.2, 0.25) is 0 Å². The summed E-state index contributed by atoms with van der Waals surface area (Å²) in [7, 11) is -1.21. The Morgan fingerprint density at radius 2 is 1.47 bits per heavy atom. The van der Waals surface area contributed by atoms with E-state index in [2.05, 4.69) is 60.3 Å². The second-order valence-electron chi connectivity index (χ2n) is 10.7. The third-order valence-corrected chi connectivity index (χ3v) is 11.3. The van der Waals surface area contributed by atoms with Crippen molar-refractivity contribution >= 4 is 7.59 Å². The first-order chi connectivity index (χ1) is 15.4. The molecule has 1 saturated heterocycles. The first kappa shape index (κ1) is 24.3. The Morgan fingerprint density at radius 3 is 2.00 bits per heavy atom. The fourth-order valence-electron chi connectivity index (χ4n) is 6.69. The van der Waals surface area contributed by atoms with E-state index in [0.717, 1.165) is 18.6 Å². The van der Waals surface area contributed by atoms with Crippen molar-refractivity contribution in [3.8, 4) is 5.75 Å². The average molecular weight is 462 g/mol. The summed E-state index contributed by atoms with van der Waals surface area (Å²) in [6, 6.07) is 9.80. The molecule has 3 aliphatic rings. The highest BCUT2D eigenvalue weighted by Crippen LogP contribution is 2.64. The molecule has 5 nitrogen and oxygen atoms in total. The Kier molecular flexibility index (Phi) is 7.71. The highest BCUT2D eigenvalue weighted by atomic mass is 31.2. The number of nitrogens with zero attached hydrogens (tertiary/aromatic N) is 2. The van der Waals surface area contributed by atoms with Gasteiger partial charge in [-0.3, -0.25) is 4.57 Å². The lowest BCUT2D eigenvalue weighted by molar-refractivity contribution is 0.173. The van der Waals surface area contributed by atoms with Gasteiger partial charge in [-0.15, -0.1) is 0 Å². The molecule has 2 aliphatic carbocycles. The summed E-state index contributed by atoms with van der Waals surface area (Å²) in [5, 5.41) is 3.90. The van der Waals surface area contributed by atoms with Crippen LogP contribution in [0.15, 0.2) is 24.3 Å². The SMILES string of the molecule is COc1cccc([C@@H](NP2(=O)N(C(C)C)[C@H]3CCCC[C@@H]3N2C(C)C)C2CCCCC2)c1. The van der Waals surface area contributed by atoms with Crippen molar-refractivity contribution in [3.63, 3.8) is 0 Å². The quantitative estimate of drug-likeness (QED) is 0.455. The predicted octanol–water partition coefficient (Wildman–Crippen LogP) is 6.76. The molecule has 1 N–H and O–H groups in total. The van der Waals surface area contributed by atoms with E-state index < -0.39 is 7.59 Å². The van der Waals surface area contributed by atoms with Gasteiger partial charge in [0.25, 0.3) is 7.59 Å². The van der Waals surface area contributed by atoms with E-state index in [9.17, 15) is 0 Å². The van der Waals surface area contributed by atoms with Crippen LogP contribution in [0.1, 0.15) is 97.1 Å². The molecule has 4 rings (SSSR count). The van der Waals surface area contributed by atoms with Crippen molar-refractivity contribution in [1.82, 2.24) is 14.4 Å². The van der Waals surface area contributed by atoms with Crippen LogP contribution in [0.5, 0.6) is 5.75 Å². The van der Waals surface area contributed by atoms with Crippen LogP contribution in [0.3, 0.4) is 0 Å². The van der Waals surface area contributed by atoms with Crippen LogP contribution in [-0.4, -0.2) is 40.6 Å². The van der Waals surface area contributed by atoms with Crippen LogP contribution in [-0.2, 0) is 4.57 Å². The minimum absolute atomic E-state index is 0.0823. The number of rotatable bonds is 7. The maximum Gasteiger partial charge on any atom is 0.285 e. The van der Waals surface area contributed by atoms with Gasteiger partial charge in [-0.05, 0) is 77.0 Å². The molecule has 1 aromatic rings. The van der Waals surface area contributed by atoms with E-state index in [1.54, 1.807) is 7.11 Å². The van der Waals surface area contributed by atoms with Gasteiger partial charge in [-0.1, -0.05) is 44.2 Å². The average Bonchev–Trinajstić information content (AvgIpc) is 3.06. The first-order valence-corrected chi connectivity index (χ1v) is 14.6. The van der Waals surface area contributed by atoms with Gasteiger partial charge in [0, 0.05) is 30.2 Å². The topological polar surface area (TPSA) is 44.8 Å². The minimum Gasteiger partial charge on any atom is -0.497 e. The van der Waals surface area contributed by atoms with E-state index in [1.807, 2.05) is 6.07 Å². The molecule has 32 heavy (non-hydrogen) atoms. The number of fused-ring (bicyclic) bond motifs is 1. The van der Waals surface area contributed by atoms with Gasteiger partial charge in [0.15, 0.2) is 0 Å². The summed E-state index contributed by atoms with van der Waals surface area (Å²) < 4.78 is 25.6. The zero-order chi connectivity index (χ0) is 22.9. The fourth-order valence-corrected chi connectivity index (χ4v) is 10.5. The molecule has 1 aromatic carbocycles. The number of methoxy groups -OCH3 is 1. The second-order valence-corrected chi connectivity index (χ2v) is 13.0. The van der Waals surface area contributed by atoms with Gasteiger partial charge in [0.1, 0.15) is 5.75 Å². The lowest BCUT2D eigenvalue weighted by atomic mass is 9.81. The van der Waals surface area contributed by atoms with E-state index >= 15 is 4.57 Å².